The fourth-order valence-electron chi connectivity index (χ4n) is 5.71. The summed E-state index contributed by atoms with van der Waals surface area (Å²) in [6.45, 7) is 4.69. The van der Waals surface area contributed by atoms with Crippen LogP contribution in [0.3, 0.4) is 0 Å². The van der Waals surface area contributed by atoms with Crippen molar-refractivity contribution in [3.05, 3.63) is 113 Å². The van der Waals surface area contributed by atoms with Crippen LogP contribution in [0.25, 0.3) is 16.7 Å². The minimum absolute atomic E-state index is 0. The quantitative estimate of drug-likeness (QED) is 0.283. The van der Waals surface area contributed by atoms with Gasteiger partial charge in [0.15, 0.2) is 6.71 Å². The number of rotatable bonds is 1. The van der Waals surface area contributed by atoms with E-state index in [0.717, 1.165) is 29.6 Å². The van der Waals surface area contributed by atoms with E-state index in [1.54, 1.807) is 0 Å². The largest absolute Gasteiger partial charge is 1.00 e. The Morgan fingerprint density at radius 2 is 1.52 bits per heavy atom. The molecule has 3 heterocycles. The topological polar surface area (TPSA) is 17.8 Å². The molecular weight excluding hydrogens is 394 g/mol. The zero-order valence-electron chi connectivity index (χ0n) is 19.2. The zero-order chi connectivity index (χ0) is 21.4. The molecule has 2 nitrogen and oxygen atoms in total. The second kappa shape index (κ2) is 7.52. The molecule has 0 N–H and O–H groups in total. The van der Waals surface area contributed by atoms with Crippen LogP contribution in [0.15, 0.2) is 66.7 Å². The first-order chi connectivity index (χ1) is 15.7. The van der Waals surface area contributed by atoms with Gasteiger partial charge in [0.1, 0.15) is 0 Å². The summed E-state index contributed by atoms with van der Waals surface area (Å²) in [6.07, 6.45) is 5.09. The van der Waals surface area contributed by atoms with Gasteiger partial charge in [0.25, 0.3) is 0 Å². The maximum Gasteiger partial charge on any atom is 1.00 e. The van der Waals surface area contributed by atoms with Gasteiger partial charge in [-0.05, 0) is 32.2 Å². The summed E-state index contributed by atoms with van der Waals surface area (Å²) in [6, 6.07) is 28.3. The Kier molecular flexibility index (Phi) is 4.70. The number of benzene rings is 4. The fourth-order valence-corrected chi connectivity index (χ4v) is 5.71. The molecule has 7 rings (SSSR count). The van der Waals surface area contributed by atoms with E-state index in [1.165, 1.54) is 49.8 Å². The smallest absolute Gasteiger partial charge is 0.448 e. The predicted octanol–water partition coefficient (Wildman–Crippen LogP) is 0.571. The average molecular weight is 415 g/mol. The maximum absolute atomic E-state index is 4.50. The van der Waals surface area contributed by atoms with E-state index in [1.807, 2.05) is 12.1 Å². The molecule has 2 aliphatic heterocycles. The minimum Gasteiger partial charge on any atom is -0.448 e. The van der Waals surface area contributed by atoms with E-state index in [2.05, 4.69) is 90.4 Å². The molecule has 0 saturated heterocycles. The molecule has 1 aromatic heterocycles. The number of aryl methyl sites for hydroxylation is 2. The van der Waals surface area contributed by atoms with Crippen molar-refractivity contribution in [3.8, 4) is 5.69 Å². The van der Waals surface area contributed by atoms with Crippen molar-refractivity contribution in [1.82, 2.24) is 9.55 Å². The molecule has 4 aromatic carbocycles. The van der Waals surface area contributed by atoms with Gasteiger partial charge in [0, 0.05) is 6.33 Å². The second-order valence-corrected chi connectivity index (χ2v) is 9.30. The van der Waals surface area contributed by atoms with Gasteiger partial charge in [0.2, 0.25) is 0 Å². The Bertz CT molecular complexity index is 1490. The summed E-state index contributed by atoms with van der Waals surface area (Å²) in [4.78, 5) is 4.50. The molecule has 33 heavy (non-hydrogen) atoms. The first kappa shape index (κ1) is 20.6. The van der Waals surface area contributed by atoms with E-state index in [4.69, 9.17) is 0 Å². The summed E-state index contributed by atoms with van der Waals surface area (Å²) in [7, 11) is 0. The monoisotopic (exact) mass is 415 g/mol. The molecule has 0 unspecified atom stereocenters. The Morgan fingerprint density at radius 1 is 0.818 bits per heavy atom. The van der Waals surface area contributed by atoms with Crippen LogP contribution >= 0.6 is 0 Å². The standard InChI is InChI=1S/C29H21BN2.Li/c1-18-7-9-20-13-22-15-24(32-17-31-27-5-3-4-6-28(27)32)16-23-14-21-10-8-19(2)12-26(21)30(29(22)23)25(20)11-18;/h3-12,15H,13-14H2,1-2H3;/q-2;+1. The number of aromatic nitrogens is 2. The molecule has 0 amide bonds. The normalized spacial score (nSPS) is 13.2. The number of hydrogen-bond donors (Lipinski definition) is 0. The van der Waals surface area contributed by atoms with E-state index >= 15 is 0 Å². The van der Waals surface area contributed by atoms with Gasteiger partial charge in [-0.25, -0.2) is 6.07 Å². The van der Waals surface area contributed by atoms with Crippen molar-refractivity contribution >= 4 is 34.1 Å². The van der Waals surface area contributed by atoms with Gasteiger partial charge in [-0.2, -0.15) is 28.3 Å². The van der Waals surface area contributed by atoms with Crippen molar-refractivity contribution in [2.75, 3.05) is 0 Å². The van der Waals surface area contributed by atoms with Crippen LogP contribution in [-0.4, -0.2) is 16.3 Å². The maximum atomic E-state index is 4.50. The van der Waals surface area contributed by atoms with Crippen LogP contribution in [-0.2, 0) is 12.8 Å². The zero-order valence-corrected chi connectivity index (χ0v) is 19.2. The van der Waals surface area contributed by atoms with Crippen LogP contribution in [0.1, 0.15) is 33.4 Å². The van der Waals surface area contributed by atoms with Crippen molar-refractivity contribution in [3.63, 3.8) is 0 Å². The van der Waals surface area contributed by atoms with Gasteiger partial charge in [-0.15, -0.1) is 0 Å². The van der Waals surface area contributed by atoms with Crippen LogP contribution < -0.4 is 35.2 Å². The fraction of sp³-hybridized carbons (Fsp3) is 0.138. The molecule has 5 aromatic rings. The Labute approximate surface area is 206 Å². The van der Waals surface area contributed by atoms with Gasteiger partial charge < -0.3 is 9.55 Å². The van der Waals surface area contributed by atoms with Crippen LogP contribution in [0.4, 0.5) is 0 Å². The predicted molar refractivity (Wildman–Crippen MR) is 131 cm³/mol. The van der Waals surface area contributed by atoms with Gasteiger partial charge in [-0.3, -0.25) is 0 Å². The molecule has 0 spiro atoms. The number of nitrogens with zero attached hydrogens (tertiary/aromatic N) is 2. The minimum atomic E-state index is 0. The molecule has 2 aliphatic rings. The van der Waals surface area contributed by atoms with E-state index < -0.39 is 0 Å². The van der Waals surface area contributed by atoms with Crippen LogP contribution in [0.5, 0.6) is 0 Å². The summed E-state index contributed by atoms with van der Waals surface area (Å²) in [5.74, 6) is 0. The van der Waals surface area contributed by atoms with E-state index in [9.17, 15) is 0 Å². The number of imidazole rings is 1. The second-order valence-electron chi connectivity index (χ2n) is 9.30. The van der Waals surface area contributed by atoms with Crippen LogP contribution in [0.2, 0.25) is 0 Å². The molecule has 0 saturated carbocycles. The van der Waals surface area contributed by atoms with E-state index in [0.29, 0.717) is 6.71 Å². The molecule has 0 aliphatic carbocycles. The van der Waals surface area contributed by atoms with Gasteiger partial charge in [0.05, 0.1) is 0 Å². The summed E-state index contributed by atoms with van der Waals surface area (Å²) in [5, 5.41) is 0. The van der Waals surface area contributed by atoms with E-state index in [-0.39, 0.29) is 18.9 Å². The average Bonchev–Trinajstić information content (AvgIpc) is 3.23. The SMILES string of the molecule is Cc1ccc2c(c1)B1c3cc(C)ccc3Cc3cc(-n4[c-]nc5ccccc54)[c-]c(c31)C2.[Li+]. The van der Waals surface area contributed by atoms with Crippen molar-refractivity contribution in [2.24, 2.45) is 0 Å². The molecule has 0 bridgehead atoms. The Morgan fingerprint density at radius 3 is 2.27 bits per heavy atom. The molecule has 0 radical (unpaired) electrons. The Balaban J connectivity index is 0.00000206. The molecule has 152 valence electrons. The first-order valence-corrected chi connectivity index (χ1v) is 11.3. The number of fused-ring (bicyclic) bond motifs is 5. The van der Waals surface area contributed by atoms with Gasteiger partial charge >= 0.3 is 18.9 Å². The molecule has 0 atom stereocenters. The third-order valence-electron chi connectivity index (χ3n) is 7.16. The summed E-state index contributed by atoms with van der Waals surface area (Å²) in [5.41, 5.74) is 15.7. The third-order valence-corrected chi connectivity index (χ3v) is 7.16. The van der Waals surface area contributed by atoms with Crippen molar-refractivity contribution in [1.29, 1.82) is 0 Å². The summed E-state index contributed by atoms with van der Waals surface area (Å²) >= 11 is 0. The molecular formula is C29H21BLiN2-. The van der Waals surface area contributed by atoms with Crippen molar-refractivity contribution < 1.29 is 18.9 Å². The Hall–Kier alpha value is -2.99. The van der Waals surface area contributed by atoms with Crippen LogP contribution in [0, 0.1) is 26.2 Å². The summed E-state index contributed by atoms with van der Waals surface area (Å²) < 4.78 is 2.07. The first-order valence-electron chi connectivity index (χ1n) is 11.3. The molecule has 0 fully saturated rings. The van der Waals surface area contributed by atoms with Crippen molar-refractivity contribution in [2.45, 2.75) is 26.7 Å². The number of para-hydroxylation sites is 2. The third kappa shape index (κ3) is 3.07. The number of hydrogen-bond acceptors (Lipinski definition) is 1. The molecule has 4 heteroatoms. The van der Waals surface area contributed by atoms with Gasteiger partial charge in [-0.1, -0.05) is 99.4 Å².